The molecule has 0 aliphatic heterocycles. The zero-order valence-electron chi connectivity index (χ0n) is 11.3. The van der Waals surface area contributed by atoms with Crippen molar-refractivity contribution in [1.29, 1.82) is 0 Å². The Morgan fingerprint density at radius 2 is 2.05 bits per heavy atom. The van der Waals surface area contributed by atoms with Gasteiger partial charge in [0, 0.05) is 16.9 Å². The van der Waals surface area contributed by atoms with Gasteiger partial charge in [-0.15, -0.1) is 0 Å². The lowest BCUT2D eigenvalue weighted by Crippen LogP contribution is -2.26. The standard InChI is InChI=1S/C15H17BrFN3/c1-2-6-18-14(15-19-7-3-8-20-15)9-11-4-5-12(16)10-13(11)17/h3-5,7-8,10,14,18H,2,6,9H2,1H3. The first-order valence-corrected chi connectivity index (χ1v) is 7.44. The van der Waals surface area contributed by atoms with Crippen molar-refractivity contribution in [3.63, 3.8) is 0 Å². The van der Waals surface area contributed by atoms with Crippen molar-refractivity contribution in [1.82, 2.24) is 15.3 Å². The molecule has 0 saturated heterocycles. The molecule has 20 heavy (non-hydrogen) atoms. The van der Waals surface area contributed by atoms with Crippen molar-refractivity contribution < 1.29 is 4.39 Å². The van der Waals surface area contributed by atoms with Crippen LogP contribution in [0.4, 0.5) is 4.39 Å². The Bertz CT molecular complexity index is 548. The van der Waals surface area contributed by atoms with E-state index in [9.17, 15) is 4.39 Å². The molecule has 1 atom stereocenters. The summed E-state index contributed by atoms with van der Waals surface area (Å²) < 4.78 is 14.7. The van der Waals surface area contributed by atoms with Gasteiger partial charge < -0.3 is 5.32 Å². The normalized spacial score (nSPS) is 12.3. The molecule has 1 unspecified atom stereocenters. The summed E-state index contributed by atoms with van der Waals surface area (Å²) in [5.74, 6) is 0.488. The van der Waals surface area contributed by atoms with Gasteiger partial charge in [0.25, 0.3) is 0 Å². The predicted molar refractivity (Wildman–Crippen MR) is 80.9 cm³/mol. The highest BCUT2D eigenvalue weighted by atomic mass is 79.9. The van der Waals surface area contributed by atoms with E-state index < -0.39 is 0 Å². The minimum atomic E-state index is -0.210. The first kappa shape index (κ1) is 15.1. The topological polar surface area (TPSA) is 37.8 Å². The molecule has 0 spiro atoms. The summed E-state index contributed by atoms with van der Waals surface area (Å²) in [6, 6.07) is 6.83. The number of halogens is 2. The quantitative estimate of drug-likeness (QED) is 0.873. The fourth-order valence-corrected chi connectivity index (χ4v) is 2.30. The van der Waals surface area contributed by atoms with Crippen molar-refractivity contribution >= 4 is 15.9 Å². The Kier molecular flexibility index (Phi) is 5.61. The molecular weight excluding hydrogens is 321 g/mol. The van der Waals surface area contributed by atoms with Gasteiger partial charge in [-0.25, -0.2) is 14.4 Å². The highest BCUT2D eigenvalue weighted by Gasteiger charge is 2.16. The van der Waals surface area contributed by atoms with Crippen LogP contribution in [0.25, 0.3) is 0 Å². The maximum atomic E-state index is 14.0. The molecule has 0 radical (unpaired) electrons. The van der Waals surface area contributed by atoms with E-state index >= 15 is 0 Å². The number of nitrogens with zero attached hydrogens (tertiary/aromatic N) is 2. The van der Waals surface area contributed by atoms with Crippen LogP contribution in [0.1, 0.15) is 30.8 Å². The Balaban J connectivity index is 2.19. The fourth-order valence-electron chi connectivity index (χ4n) is 1.97. The lowest BCUT2D eigenvalue weighted by molar-refractivity contribution is 0.491. The van der Waals surface area contributed by atoms with Crippen LogP contribution in [0.2, 0.25) is 0 Å². The molecule has 0 aliphatic rings. The van der Waals surface area contributed by atoms with Crippen molar-refractivity contribution in [2.75, 3.05) is 6.54 Å². The summed E-state index contributed by atoms with van der Waals surface area (Å²) in [5.41, 5.74) is 0.661. The highest BCUT2D eigenvalue weighted by Crippen LogP contribution is 2.20. The minimum Gasteiger partial charge on any atom is -0.307 e. The van der Waals surface area contributed by atoms with Crippen molar-refractivity contribution in [2.24, 2.45) is 0 Å². The molecule has 1 aromatic heterocycles. The maximum Gasteiger partial charge on any atom is 0.145 e. The lowest BCUT2D eigenvalue weighted by atomic mass is 10.0. The van der Waals surface area contributed by atoms with E-state index in [1.54, 1.807) is 24.5 Å². The average Bonchev–Trinajstić information content (AvgIpc) is 2.46. The van der Waals surface area contributed by atoms with Gasteiger partial charge in [0.05, 0.1) is 6.04 Å². The third kappa shape index (κ3) is 4.08. The van der Waals surface area contributed by atoms with E-state index in [2.05, 4.69) is 38.1 Å². The Labute approximate surface area is 126 Å². The van der Waals surface area contributed by atoms with Crippen molar-refractivity contribution in [3.05, 3.63) is 58.3 Å². The molecule has 0 bridgehead atoms. The second-order valence-corrected chi connectivity index (χ2v) is 5.47. The van der Waals surface area contributed by atoms with Crippen LogP contribution in [-0.2, 0) is 6.42 Å². The van der Waals surface area contributed by atoms with Crippen LogP contribution in [-0.4, -0.2) is 16.5 Å². The van der Waals surface area contributed by atoms with E-state index in [-0.39, 0.29) is 11.9 Å². The molecule has 2 rings (SSSR count). The lowest BCUT2D eigenvalue weighted by Gasteiger charge is -2.17. The van der Waals surface area contributed by atoms with Crippen LogP contribution >= 0.6 is 15.9 Å². The third-order valence-electron chi connectivity index (χ3n) is 2.98. The number of nitrogens with one attached hydrogen (secondary N) is 1. The summed E-state index contributed by atoms with van der Waals surface area (Å²) >= 11 is 3.27. The average molecular weight is 338 g/mol. The molecule has 106 valence electrons. The molecule has 3 nitrogen and oxygen atoms in total. The zero-order chi connectivity index (χ0) is 14.4. The predicted octanol–water partition coefficient (Wildman–Crippen LogP) is 3.66. The van der Waals surface area contributed by atoms with Gasteiger partial charge in [-0.3, -0.25) is 0 Å². The van der Waals surface area contributed by atoms with E-state index in [0.29, 0.717) is 17.8 Å². The van der Waals surface area contributed by atoms with Gasteiger partial charge in [-0.2, -0.15) is 0 Å². The smallest absolute Gasteiger partial charge is 0.145 e. The third-order valence-corrected chi connectivity index (χ3v) is 3.47. The van der Waals surface area contributed by atoms with Gasteiger partial charge >= 0.3 is 0 Å². The Morgan fingerprint density at radius 1 is 1.30 bits per heavy atom. The van der Waals surface area contributed by atoms with Crippen LogP contribution in [0.3, 0.4) is 0 Å². The number of hydrogen-bond donors (Lipinski definition) is 1. The molecule has 0 fully saturated rings. The van der Waals surface area contributed by atoms with E-state index in [0.717, 1.165) is 17.4 Å². The van der Waals surface area contributed by atoms with E-state index in [1.807, 2.05) is 6.07 Å². The van der Waals surface area contributed by atoms with Gasteiger partial charge in [-0.1, -0.05) is 28.9 Å². The molecular formula is C15H17BrFN3. The molecule has 5 heteroatoms. The maximum absolute atomic E-state index is 14.0. The summed E-state index contributed by atoms with van der Waals surface area (Å²) in [6.45, 7) is 2.94. The number of hydrogen-bond acceptors (Lipinski definition) is 3. The van der Waals surface area contributed by atoms with Crippen molar-refractivity contribution in [2.45, 2.75) is 25.8 Å². The molecule has 1 heterocycles. The summed E-state index contributed by atoms with van der Waals surface area (Å²) in [4.78, 5) is 8.54. The first-order valence-electron chi connectivity index (χ1n) is 6.65. The van der Waals surface area contributed by atoms with Gasteiger partial charge in [0.15, 0.2) is 0 Å². The Hall–Kier alpha value is -1.33. The summed E-state index contributed by atoms with van der Waals surface area (Å²) in [6.07, 6.45) is 4.96. The zero-order valence-corrected chi connectivity index (χ0v) is 12.9. The summed E-state index contributed by atoms with van der Waals surface area (Å²) in [5, 5.41) is 3.37. The molecule has 0 saturated carbocycles. The van der Waals surface area contributed by atoms with E-state index in [1.165, 1.54) is 6.07 Å². The van der Waals surface area contributed by atoms with Gasteiger partial charge in [0.2, 0.25) is 0 Å². The minimum absolute atomic E-state index is 0.0770. The molecule has 0 aliphatic carbocycles. The molecule has 0 amide bonds. The summed E-state index contributed by atoms with van der Waals surface area (Å²) in [7, 11) is 0. The second kappa shape index (κ2) is 7.45. The van der Waals surface area contributed by atoms with Crippen LogP contribution in [0.15, 0.2) is 41.1 Å². The monoisotopic (exact) mass is 337 g/mol. The number of rotatable bonds is 6. The molecule has 1 N–H and O–H groups in total. The number of aromatic nitrogens is 2. The van der Waals surface area contributed by atoms with Crippen LogP contribution < -0.4 is 5.32 Å². The SMILES string of the molecule is CCCNC(Cc1ccc(Br)cc1F)c1ncccn1. The largest absolute Gasteiger partial charge is 0.307 e. The Morgan fingerprint density at radius 3 is 2.70 bits per heavy atom. The molecule has 2 aromatic rings. The second-order valence-electron chi connectivity index (χ2n) is 4.55. The van der Waals surface area contributed by atoms with Gasteiger partial charge in [0.1, 0.15) is 11.6 Å². The van der Waals surface area contributed by atoms with Crippen LogP contribution in [0, 0.1) is 5.82 Å². The first-order chi connectivity index (χ1) is 9.70. The molecule has 1 aromatic carbocycles. The van der Waals surface area contributed by atoms with Crippen LogP contribution in [0.5, 0.6) is 0 Å². The van der Waals surface area contributed by atoms with E-state index in [4.69, 9.17) is 0 Å². The van der Waals surface area contributed by atoms with Crippen molar-refractivity contribution in [3.8, 4) is 0 Å². The fraction of sp³-hybridized carbons (Fsp3) is 0.333. The number of benzene rings is 1. The highest BCUT2D eigenvalue weighted by molar-refractivity contribution is 9.10. The van der Waals surface area contributed by atoms with Gasteiger partial charge in [-0.05, 0) is 43.1 Å².